The molecule has 1 heterocycles. The first-order chi connectivity index (χ1) is 8.13. The van der Waals surface area contributed by atoms with Crippen LogP contribution in [0.3, 0.4) is 0 Å². The van der Waals surface area contributed by atoms with Crippen LogP contribution in [0.25, 0.3) is 10.9 Å². The van der Waals surface area contributed by atoms with Crippen LogP contribution in [0, 0.1) is 0 Å². The third-order valence-corrected chi connectivity index (χ3v) is 3.16. The molecule has 88 valence electrons. The van der Waals surface area contributed by atoms with Crippen LogP contribution in [0.2, 0.25) is 5.02 Å². The van der Waals surface area contributed by atoms with Gasteiger partial charge in [-0.2, -0.15) is 0 Å². The summed E-state index contributed by atoms with van der Waals surface area (Å²) in [5, 5.41) is 1.39. The molecule has 0 aliphatic heterocycles. The summed E-state index contributed by atoms with van der Waals surface area (Å²) in [6, 6.07) is 6.99. The summed E-state index contributed by atoms with van der Waals surface area (Å²) in [5.41, 5.74) is 0.934. The highest BCUT2D eigenvalue weighted by atomic mass is 79.9. The zero-order valence-electron chi connectivity index (χ0n) is 9.04. The maximum absolute atomic E-state index is 11.6. The average molecular weight is 315 g/mol. The third kappa shape index (κ3) is 2.42. The van der Waals surface area contributed by atoms with Crippen molar-refractivity contribution in [3.63, 3.8) is 0 Å². The zero-order chi connectivity index (χ0) is 12.4. The number of pyridine rings is 1. The van der Waals surface area contributed by atoms with Crippen molar-refractivity contribution in [2.75, 3.05) is 6.61 Å². The lowest BCUT2D eigenvalue weighted by Gasteiger charge is -2.06. The summed E-state index contributed by atoms with van der Waals surface area (Å²) in [5.74, 6) is -0.435. The molecule has 0 aliphatic rings. The number of aromatic nitrogens is 1. The zero-order valence-corrected chi connectivity index (χ0v) is 11.4. The van der Waals surface area contributed by atoms with Gasteiger partial charge in [0.25, 0.3) is 0 Å². The van der Waals surface area contributed by atoms with Crippen LogP contribution in [0.15, 0.2) is 28.7 Å². The fraction of sp³-hybridized carbons (Fsp3) is 0.167. The van der Waals surface area contributed by atoms with E-state index >= 15 is 0 Å². The fourth-order valence-corrected chi connectivity index (χ4v) is 2.53. The van der Waals surface area contributed by atoms with Gasteiger partial charge in [-0.05, 0) is 41.1 Å². The first-order valence-electron chi connectivity index (χ1n) is 5.05. The molecule has 0 saturated carbocycles. The summed E-state index contributed by atoms with van der Waals surface area (Å²) in [4.78, 5) is 15.8. The van der Waals surface area contributed by atoms with Crippen molar-refractivity contribution in [3.05, 3.63) is 39.5 Å². The molecule has 2 rings (SSSR count). The van der Waals surface area contributed by atoms with Gasteiger partial charge < -0.3 is 4.74 Å². The van der Waals surface area contributed by atoms with E-state index in [-0.39, 0.29) is 5.69 Å². The molecule has 1 aromatic heterocycles. The number of ether oxygens (including phenoxy) is 1. The van der Waals surface area contributed by atoms with E-state index in [0.717, 1.165) is 9.86 Å². The molecule has 0 radical (unpaired) electrons. The number of esters is 1. The quantitative estimate of drug-likeness (QED) is 0.791. The second-order valence-electron chi connectivity index (χ2n) is 3.34. The normalized spacial score (nSPS) is 10.5. The predicted octanol–water partition coefficient (Wildman–Crippen LogP) is 3.83. The Bertz CT molecular complexity index is 586. The van der Waals surface area contributed by atoms with Crippen molar-refractivity contribution in [3.8, 4) is 0 Å². The Kier molecular flexibility index (Phi) is 3.64. The lowest BCUT2D eigenvalue weighted by Crippen LogP contribution is -2.07. The Balaban J connectivity index is 2.60. The number of hydrogen-bond donors (Lipinski definition) is 0. The van der Waals surface area contributed by atoms with Crippen LogP contribution in [0.1, 0.15) is 17.4 Å². The molecule has 0 aliphatic carbocycles. The van der Waals surface area contributed by atoms with Crippen molar-refractivity contribution in [1.29, 1.82) is 0 Å². The molecule has 0 unspecified atom stereocenters. The van der Waals surface area contributed by atoms with E-state index in [9.17, 15) is 4.79 Å². The fourth-order valence-electron chi connectivity index (χ4n) is 1.51. The average Bonchev–Trinajstić information content (AvgIpc) is 2.29. The molecule has 0 bridgehead atoms. The Labute approximate surface area is 112 Å². The Hall–Kier alpha value is -1.13. The van der Waals surface area contributed by atoms with Gasteiger partial charge in [0.05, 0.1) is 17.1 Å². The first kappa shape index (κ1) is 12.3. The van der Waals surface area contributed by atoms with Crippen molar-refractivity contribution >= 4 is 44.4 Å². The second-order valence-corrected chi connectivity index (χ2v) is 4.61. The minimum Gasteiger partial charge on any atom is -0.461 e. The minimum absolute atomic E-state index is 0.272. The van der Waals surface area contributed by atoms with Crippen molar-refractivity contribution in [1.82, 2.24) is 4.98 Å². The molecule has 3 nitrogen and oxygen atoms in total. The first-order valence-corrected chi connectivity index (χ1v) is 6.22. The SMILES string of the molecule is CCOC(=O)c1cc(Br)c2c(Cl)cccc2n1. The van der Waals surface area contributed by atoms with Gasteiger partial charge in [-0.25, -0.2) is 9.78 Å². The standard InChI is InChI=1S/C12H9BrClNO2/c1-2-17-12(16)10-6-7(13)11-8(14)4-3-5-9(11)15-10/h3-6H,2H2,1H3. The molecule has 2 aromatic rings. The Morgan fingerprint density at radius 3 is 3.00 bits per heavy atom. The molecule has 5 heteroatoms. The van der Waals surface area contributed by atoms with E-state index in [1.54, 1.807) is 31.2 Å². The second kappa shape index (κ2) is 5.02. The van der Waals surface area contributed by atoms with Gasteiger partial charge in [-0.1, -0.05) is 17.7 Å². The van der Waals surface area contributed by atoms with E-state index in [4.69, 9.17) is 16.3 Å². The highest BCUT2D eigenvalue weighted by molar-refractivity contribution is 9.10. The summed E-state index contributed by atoms with van der Waals surface area (Å²) < 4.78 is 5.64. The number of carbonyl (C=O) groups excluding carboxylic acids is 1. The molecule has 0 amide bonds. The molecular weight excluding hydrogens is 305 g/mol. The van der Waals surface area contributed by atoms with Gasteiger partial charge in [0.1, 0.15) is 5.69 Å². The molecule has 0 N–H and O–H groups in total. The van der Waals surface area contributed by atoms with Crippen molar-refractivity contribution in [2.24, 2.45) is 0 Å². The van der Waals surface area contributed by atoms with Gasteiger partial charge in [0.2, 0.25) is 0 Å². The van der Waals surface area contributed by atoms with Crippen molar-refractivity contribution < 1.29 is 9.53 Å². The number of hydrogen-bond acceptors (Lipinski definition) is 3. The van der Waals surface area contributed by atoms with E-state index in [1.807, 2.05) is 0 Å². The number of fused-ring (bicyclic) bond motifs is 1. The summed E-state index contributed by atoms with van der Waals surface area (Å²) in [7, 11) is 0. The molecule has 0 atom stereocenters. The number of benzene rings is 1. The molecule has 0 fully saturated rings. The number of rotatable bonds is 2. The highest BCUT2D eigenvalue weighted by Gasteiger charge is 2.13. The number of carbonyl (C=O) groups is 1. The lowest BCUT2D eigenvalue weighted by molar-refractivity contribution is 0.0520. The van der Waals surface area contributed by atoms with Crippen LogP contribution in [-0.2, 0) is 4.74 Å². The smallest absolute Gasteiger partial charge is 0.356 e. The Morgan fingerprint density at radius 2 is 2.29 bits per heavy atom. The largest absolute Gasteiger partial charge is 0.461 e. The summed E-state index contributed by atoms with van der Waals surface area (Å²) in [6.07, 6.45) is 0. The van der Waals surface area contributed by atoms with E-state index < -0.39 is 5.97 Å². The van der Waals surface area contributed by atoms with E-state index in [0.29, 0.717) is 17.1 Å². The third-order valence-electron chi connectivity index (χ3n) is 2.22. The maximum Gasteiger partial charge on any atom is 0.356 e. The topological polar surface area (TPSA) is 39.2 Å². The van der Waals surface area contributed by atoms with Crippen LogP contribution in [0.4, 0.5) is 0 Å². The van der Waals surface area contributed by atoms with Crippen LogP contribution >= 0.6 is 27.5 Å². The van der Waals surface area contributed by atoms with Gasteiger partial charge >= 0.3 is 5.97 Å². The van der Waals surface area contributed by atoms with Crippen LogP contribution < -0.4 is 0 Å². The number of nitrogens with zero attached hydrogens (tertiary/aromatic N) is 1. The molecule has 17 heavy (non-hydrogen) atoms. The van der Waals surface area contributed by atoms with Crippen molar-refractivity contribution in [2.45, 2.75) is 6.92 Å². The van der Waals surface area contributed by atoms with Gasteiger partial charge in [0, 0.05) is 9.86 Å². The monoisotopic (exact) mass is 313 g/mol. The molecular formula is C12H9BrClNO2. The maximum atomic E-state index is 11.6. The van der Waals surface area contributed by atoms with Gasteiger partial charge in [-0.3, -0.25) is 0 Å². The van der Waals surface area contributed by atoms with Crippen LogP contribution in [0.5, 0.6) is 0 Å². The minimum atomic E-state index is -0.435. The van der Waals surface area contributed by atoms with E-state index in [2.05, 4.69) is 20.9 Å². The Morgan fingerprint density at radius 1 is 1.53 bits per heavy atom. The number of halogens is 2. The van der Waals surface area contributed by atoms with Gasteiger partial charge in [0.15, 0.2) is 0 Å². The van der Waals surface area contributed by atoms with E-state index in [1.165, 1.54) is 0 Å². The summed E-state index contributed by atoms with van der Waals surface area (Å²) in [6.45, 7) is 2.08. The van der Waals surface area contributed by atoms with Crippen LogP contribution in [-0.4, -0.2) is 17.6 Å². The predicted molar refractivity (Wildman–Crippen MR) is 70.4 cm³/mol. The molecule has 1 aromatic carbocycles. The highest BCUT2D eigenvalue weighted by Crippen LogP contribution is 2.30. The lowest BCUT2D eigenvalue weighted by atomic mass is 10.2. The summed E-state index contributed by atoms with van der Waals surface area (Å²) >= 11 is 9.45. The van der Waals surface area contributed by atoms with Gasteiger partial charge in [-0.15, -0.1) is 0 Å². The molecule has 0 spiro atoms. The molecule has 0 saturated heterocycles.